The first-order chi connectivity index (χ1) is 25.3. The van der Waals surface area contributed by atoms with Crippen molar-refractivity contribution >= 4 is 38.9 Å². The Kier molecular flexibility index (Phi) is 13.1. The van der Waals surface area contributed by atoms with E-state index in [2.05, 4.69) is 70.7 Å². The number of anilines is 1. The number of fused-ring (bicyclic) bond motifs is 2. The van der Waals surface area contributed by atoms with E-state index in [-0.39, 0.29) is 5.91 Å². The Labute approximate surface area is 312 Å². The topological polar surface area (TPSA) is 80.1 Å². The van der Waals surface area contributed by atoms with Crippen LogP contribution in [-0.4, -0.2) is 101 Å². The molecule has 2 aromatic rings. The van der Waals surface area contributed by atoms with Crippen molar-refractivity contribution in [2.75, 3.05) is 83.7 Å². The summed E-state index contributed by atoms with van der Waals surface area (Å²) < 4.78 is 19.2. The van der Waals surface area contributed by atoms with Crippen molar-refractivity contribution in [3.05, 3.63) is 87.4 Å². The third-order valence-electron chi connectivity index (χ3n) is 10.8. The van der Waals surface area contributed by atoms with Crippen molar-refractivity contribution in [2.45, 2.75) is 69.6 Å². The highest BCUT2D eigenvalue weighted by Gasteiger charge is 2.38. The maximum absolute atomic E-state index is 13.6. The van der Waals surface area contributed by atoms with Crippen LogP contribution in [0.1, 0.15) is 96.6 Å². The summed E-state index contributed by atoms with van der Waals surface area (Å²) in [6, 6.07) is 12.2. The summed E-state index contributed by atoms with van der Waals surface area (Å²) in [6.07, 6.45) is 22.6. The molecule has 1 aliphatic carbocycles. The first kappa shape index (κ1) is 38.1. The van der Waals surface area contributed by atoms with Gasteiger partial charge in [0.1, 0.15) is 13.1 Å². The van der Waals surface area contributed by atoms with Crippen molar-refractivity contribution in [2.24, 2.45) is 0 Å². The molecule has 52 heavy (non-hydrogen) atoms. The summed E-state index contributed by atoms with van der Waals surface area (Å²) >= 11 is 0. The van der Waals surface area contributed by atoms with E-state index in [1.165, 1.54) is 79.7 Å². The van der Waals surface area contributed by atoms with Gasteiger partial charge in [0.05, 0.1) is 32.5 Å². The molecule has 0 saturated carbocycles. The summed E-state index contributed by atoms with van der Waals surface area (Å²) in [7, 11) is -0.0208. The molecule has 0 aromatic heterocycles. The number of ether oxygens (including phenoxy) is 3. The number of nitrogens with zero attached hydrogens (tertiary/aromatic N) is 2. The van der Waals surface area contributed by atoms with Gasteiger partial charge in [-0.25, -0.2) is 9.37 Å². The largest absolute Gasteiger partial charge is 0.465 e. The number of benzene rings is 2. The number of esters is 1. The molecule has 9 heteroatoms. The quantitative estimate of drug-likeness (QED) is 0.108. The van der Waals surface area contributed by atoms with Crippen LogP contribution in [0.2, 0.25) is 0 Å². The van der Waals surface area contributed by atoms with E-state index in [1.54, 1.807) is 12.1 Å². The molecule has 8 nitrogen and oxygen atoms in total. The number of hydrogen-bond donors (Lipinski definition) is 1. The van der Waals surface area contributed by atoms with E-state index in [0.29, 0.717) is 43.1 Å². The molecule has 2 fully saturated rings. The van der Waals surface area contributed by atoms with E-state index in [1.807, 2.05) is 6.07 Å². The summed E-state index contributed by atoms with van der Waals surface area (Å²) in [5.74, 6) is -0.630. The van der Waals surface area contributed by atoms with Crippen LogP contribution in [-0.2, 0) is 14.2 Å². The fourth-order valence-corrected chi connectivity index (χ4v) is 10.3. The Hall–Kier alpha value is -3.66. The van der Waals surface area contributed by atoms with Crippen molar-refractivity contribution in [3.63, 3.8) is 0 Å². The van der Waals surface area contributed by atoms with Gasteiger partial charge in [0.2, 0.25) is 5.71 Å². The van der Waals surface area contributed by atoms with Gasteiger partial charge < -0.3 is 24.4 Å². The van der Waals surface area contributed by atoms with Gasteiger partial charge in [-0.05, 0) is 90.5 Å². The second-order valence-electron chi connectivity index (χ2n) is 14.6. The van der Waals surface area contributed by atoms with Crippen LogP contribution in [0.3, 0.4) is 0 Å². The predicted molar refractivity (Wildman–Crippen MR) is 214 cm³/mol. The van der Waals surface area contributed by atoms with Gasteiger partial charge in [-0.15, -0.1) is 0 Å². The lowest BCUT2D eigenvalue weighted by Crippen LogP contribution is -2.28. The Morgan fingerprint density at radius 3 is 2.35 bits per heavy atom. The van der Waals surface area contributed by atoms with Gasteiger partial charge in [-0.2, -0.15) is 10.0 Å². The fraction of sp³-hybridized carbons (Fsp3) is 0.512. The second-order valence-corrected chi connectivity index (χ2v) is 18.1. The molecule has 6 rings (SSSR count). The molecule has 0 atom stereocenters. The number of nitrogens with one attached hydrogen (secondary N) is 1. The molecule has 0 spiro atoms. The zero-order chi connectivity index (χ0) is 36.5. The number of carbonyl (C=O) groups is 2. The zero-order valence-corrected chi connectivity index (χ0v) is 32.6. The fourth-order valence-electron chi connectivity index (χ4n) is 7.83. The Morgan fingerprint density at radius 1 is 0.846 bits per heavy atom. The van der Waals surface area contributed by atoms with E-state index >= 15 is 0 Å². The molecule has 2 aromatic carbocycles. The maximum atomic E-state index is 13.6. The lowest BCUT2D eigenvalue weighted by atomic mass is 9.86. The van der Waals surface area contributed by atoms with Crippen molar-refractivity contribution in [1.29, 1.82) is 0 Å². The zero-order valence-electron chi connectivity index (χ0n) is 31.8. The van der Waals surface area contributed by atoms with Crippen molar-refractivity contribution in [3.8, 4) is 0 Å². The lowest BCUT2D eigenvalue weighted by Gasteiger charge is -2.43. The van der Waals surface area contributed by atoms with E-state index < -0.39 is 16.0 Å². The van der Waals surface area contributed by atoms with Gasteiger partial charge in [-0.3, -0.25) is 4.79 Å². The van der Waals surface area contributed by atoms with Crippen LogP contribution >= 0.6 is 10.0 Å². The highest BCUT2D eigenvalue weighted by Crippen LogP contribution is 2.66. The van der Waals surface area contributed by atoms with Crippen molar-refractivity contribution < 1.29 is 28.4 Å². The molecule has 0 radical (unpaired) electrons. The highest BCUT2D eigenvalue weighted by atomic mass is 32.3. The van der Waals surface area contributed by atoms with Crippen LogP contribution in [0.25, 0.3) is 5.57 Å². The van der Waals surface area contributed by atoms with Crippen LogP contribution < -0.4 is 10.2 Å². The molecular formula is C43H58N3O5S+. The summed E-state index contributed by atoms with van der Waals surface area (Å²) in [5.41, 5.74) is 7.36. The third kappa shape index (κ3) is 8.58. The van der Waals surface area contributed by atoms with E-state index in [0.717, 1.165) is 55.9 Å². The number of methoxy groups -OCH3 is 1. The van der Waals surface area contributed by atoms with Gasteiger partial charge in [0.15, 0.2) is 0 Å². The Morgan fingerprint density at radius 2 is 1.60 bits per heavy atom. The molecule has 1 amide bonds. The maximum Gasteiger partial charge on any atom is 0.338 e. The van der Waals surface area contributed by atoms with E-state index in [9.17, 15) is 9.59 Å². The van der Waals surface area contributed by atoms with Crippen LogP contribution in [0.4, 0.5) is 5.69 Å². The van der Waals surface area contributed by atoms with Gasteiger partial charge >= 0.3 is 5.97 Å². The van der Waals surface area contributed by atoms with Crippen LogP contribution in [0.5, 0.6) is 0 Å². The molecule has 0 unspecified atom stereocenters. The van der Waals surface area contributed by atoms with Gasteiger partial charge in [-0.1, -0.05) is 38.7 Å². The van der Waals surface area contributed by atoms with Crippen LogP contribution in [0, 0.1) is 0 Å². The number of allylic oxidation sites excluding steroid dienone is 4. The second kappa shape index (κ2) is 17.9. The van der Waals surface area contributed by atoms with Crippen LogP contribution in [0.15, 0.2) is 70.0 Å². The highest BCUT2D eigenvalue weighted by molar-refractivity contribution is 8.36. The molecule has 1 N–H and O–H groups in total. The standard InChI is InChI=1S/C43H57N3O5S/c1-5-6-7-8-13-25-50-27-28-51-26-20-44-42(47)32-14-17-35(43(48)49-2)38(29-32)41-36-18-15-33(45-21-9-10-22-45)30-39(36)52(3,4)40-31-34(16-19-37(40)41)46-23-11-12-24-46/h14-19,29-31H,5-13,20-28H2,1-4H3/p+1. The minimum Gasteiger partial charge on any atom is -0.465 e. The number of rotatable bonds is 16. The molecule has 0 bridgehead atoms. The molecule has 280 valence electrons. The lowest BCUT2D eigenvalue weighted by molar-refractivity contribution is -0.504. The van der Waals surface area contributed by atoms with Crippen molar-refractivity contribution in [1.82, 2.24) is 5.32 Å². The molecule has 3 aliphatic heterocycles. The average Bonchev–Trinajstić information content (AvgIpc) is 3.91. The van der Waals surface area contributed by atoms with Gasteiger partial charge in [0.25, 0.3) is 5.91 Å². The summed E-state index contributed by atoms with van der Waals surface area (Å²) in [6.45, 7) is 9.10. The van der Waals surface area contributed by atoms with E-state index in [4.69, 9.17) is 14.2 Å². The van der Waals surface area contributed by atoms with Gasteiger partial charge in [0, 0.05) is 72.3 Å². The number of unbranched alkanes of at least 4 members (excludes halogenated alkanes) is 4. The smallest absolute Gasteiger partial charge is 0.338 e. The third-order valence-corrected chi connectivity index (χ3v) is 13.6. The molecule has 4 aliphatic rings. The summed E-state index contributed by atoms with van der Waals surface area (Å²) in [5, 5.41) is 3.01. The average molecular weight is 729 g/mol. The molecule has 2 saturated heterocycles. The Balaban J connectivity index is 1.28. The molecule has 3 heterocycles. The SMILES string of the molecule is CCCCCCCOCCOCCNC(=O)c1ccc(C(=O)OC)c(C2=C3C=CC(=[N+]4CCCC4)C=C3S(C)(C)c3cc(N4CCCC4)ccc32)c1. The summed E-state index contributed by atoms with van der Waals surface area (Å²) in [4.78, 5) is 32.1. The normalized spacial score (nSPS) is 18.3. The minimum absolute atomic E-state index is 0.207. The number of amides is 1. The predicted octanol–water partition coefficient (Wildman–Crippen LogP) is 7.75. The number of hydrogen-bond acceptors (Lipinski definition) is 6. The molecular weight excluding hydrogens is 671 g/mol. The minimum atomic E-state index is -1.43. The number of carbonyl (C=O) groups excluding carboxylic acids is 2. The monoisotopic (exact) mass is 728 g/mol. The Bertz CT molecular complexity index is 1740. The first-order valence-corrected chi connectivity index (χ1v) is 21.8. The first-order valence-electron chi connectivity index (χ1n) is 19.4.